The number of nitrogens with one attached hydrogen (secondary N) is 1. The van der Waals surface area contributed by atoms with Gasteiger partial charge in [-0.2, -0.15) is 0 Å². The maximum atomic E-state index is 12.2. The van der Waals surface area contributed by atoms with Crippen molar-refractivity contribution < 1.29 is 9.59 Å². The van der Waals surface area contributed by atoms with Gasteiger partial charge in [0, 0.05) is 24.9 Å². The summed E-state index contributed by atoms with van der Waals surface area (Å²) in [7, 11) is 0. The van der Waals surface area contributed by atoms with Crippen molar-refractivity contribution in [2.75, 3.05) is 11.1 Å². The smallest absolute Gasteiger partial charge is 0.246 e. The number of carbonyl (C=O) groups is 2. The van der Waals surface area contributed by atoms with Gasteiger partial charge in [0.15, 0.2) is 10.9 Å². The number of Topliss-reactive ketones (excluding diaryl/α,β-unsaturated/α-hetero) is 1. The van der Waals surface area contributed by atoms with Crippen LogP contribution in [0.5, 0.6) is 0 Å². The van der Waals surface area contributed by atoms with Gasteiger partial charge in [0.1, 0.15) is 5.69 Å². The van der Waals surface area contributed by atoms with E-state index in [0.717, 1.165) is 6.42 Å². The molecule has 1 fully saturated rings. The van der Waals surface area contributed by atoms with Crippen LogP contribution in [0.4, 0.5) is 10.8 Å². The second-order valence-electron chi connectivity index (χ2n) is 5.72. The summed E-state index contributed by atoms with van der Waals surface area (Å²) in [5, 5.41) is 3.08. The molecule has 0 atom stereocenters. The highest BCUT2D eigenvalue weighted by Gasteiger charge is 2.40. The number of carbonyl (C=O) groups excluding carboxylic acids is 2. The van der Waals surface area contributed by atoms with E-state index in [1.54, 1.807) is 12.3 Å². The first-order valence-corrected chi connectivity index (χ1v) is 8.04. The summed E-state index contributed by atoms with van der Waals surface area (Å²) in [6.07, 6.45) is 5.40. The molecule has 1 saturated carbocycles. The van der Waals surface area contributed by atoms with Crippen LogP contribution in [0, 0.1) is 0 Å². The van der Waals surface area contributed by atoms with E-state index in [0.29, 0.717) is 34.1 Å². The second kappa shape index (κ2) is 5.71. The van der Waals surface area contributed by atoms with Crippen LogP contribution in [-0.2, 0) is 4.79 Å². The average Bonchev–Trinajstić information content (AvgIpc) is 2.89. The highest BCUT2D eigenvalue weighted by molar-refractivity contribution is 7.19. The Hall–Kier alpha value is -2.32. The first-order valence-electron chi connectivity index (χ1n) is 7.22. The number of nitrogens with two attached hydrogens (primary N) is 2. The quantitative estimate of drug-likeness (QED) is 0.734. The highest BCUT2D eigenvalue weighted by atomic mass is 32.1. The third-order valence-corrected chi connectivity index (χ3v) is 4.92. The summed E-state index contributed by atoms with van der Waals surface area (Å²) < 4.78 is 0. The Labute approximate surface area is 137 Å². The van der Waals surface area contributed by atoms with Crippen LogP contribution in [-0.4, -0.2) is 27.2 Å². The zero-order valence-electron chi connectivity index (χ0n) is 12.6. The molecule has 23 heavy (non-hydrogen) atoms. The molecule has 2 aromatic heterocycles. The van der Waals surface area contributed by atoms with Crippen molar-refractivity contribution in [3.8, 4) is 10.4 Å². The van der Waals surface area contributed by atoms with E-state index in [9.17, 15) is 9.59 Å². The lowest BCUT2D eigenvalue weighted by atomic mass is 9.77. The minimum atomic E-state index is -0.819. The predicted molar refractivity (Wildman–Crippen MR) is 89.2 cm³/mol. The van der Waals surface area contributed by atoms with Crippen LogP contribution in [0.2, 0.25) is 0 Å². The predicted octanol–water partition coefficient (Wildman–Crippen LogP) is 1.81. The van der Waals surface area contributed by atoms with Crippen molar-refractivity contribution in [3.63, 3.8) is 0 Å². The summed E-state index contributed by atoms with van der Waals surface area (Å²) in [6.45, 7) is 1.43. The van der Waals surface area contributed by atoms with Crippen LogP contribution in [0.15, 0.2) is 18.5 Å². The number of nitrogens with zero attached hydrogens (tertiary/aromatic N) is 2. The standard InChI is InChI=1S/C15H17N5O2S/c1-8(21)11-12(9-5-10(16)7-18-6-9)23-14(19-11)20-13(22)15(17)3-2-4-15/h5-7H,2-4,16-17H2,1H3,(H,19,20,22). The molecule has 2 heterocycles. The van der Waals surface area contributed by atoms with E-state index in [1.807, 2.05) is 0 Å². The fourth-order valence-corrected chi connectivity index (χ4v) is 3.39. The van der Waals surface area contributed by atoms with Crippen molar-refractivity contribution in [1.29, 1.82) is 0 Å². The van der Waals surface area contributed by atoms with E-state index in [1.165, 1.54) is 24.5 Å². The van der Waals surface area contributed by atoms with E-state index in [2.05, 4.69) is 15.3 Å². The molecule has 0 aromatic carbocycles. The van der Waals surface area contributed by atoms with Crippen LogP contribution < -0.4 is 16.8 Å². The van der Waals surface area contributed by atoms with E-state index >= 15 is 0 Å². The lowest BCUT2D eigenvalue weighted by Crippen LogP contribution is -2.56. The average molecular weight is 331 g/mol. The summed E-state index contributed by atoms with van der Waals surface area (Å²) in [4.78, 5) is 33.0. The number of thiazole rings is 1. The molecule has 3 rings (SSSR count). The molecule has 0 aliphatic heterocycles. The van der Waals surface area contributed by atoms with Gasteiger partial charge in [-0.1, -0.05) is 11.3 Å². The number of hydrogen-bond donors (Lipinski definition) is 3. The number of amides is 1. The van der Waals surface area contributed by atoms with Crippen LogP contribution in [0.3, 0.4) is 0 Å². The molecule has 0 radical (unpaired) electrons. The van der Waals surface area contributed by atoms with Gasteiger partial charge in [0.2, 0.25) is 5.91 Å². The first-order chi connectivity index (χ1) is 10.9. The van der Waals surface area contributed by atoms with Crippen LogP contribution >= 0.6 is 11.3 Å². The molecular formula is C15H17N5O2S. The Morgan fingerprint density at radius 3 is 2.65 bits per heavy atom. The zero-order chi connectivity index (χ0) is 16.6. The van der Waals surface area contributed by atoms with Gasteiger partial charge >= 0.3 is 0 Å². The number of aromatic nitrogens is 2. The number of hydrogen-bond acceptors (Lipinski definition) is 7. The van der Waals surface area contributed by atoms with Crippen molar-refractivity contribution in [2.24, 2.45) is 5.73 Å². The molecule has 1 aliphatic carbocycles. The summed E-state index contributed by atoms with van der Waals surface area (Å²) in [6, 6.07) is 1.72. The van der Waals surface area contributed by atoms with E-state index < -0.39 is 5.54 Å². The molecule has 120 valence electrons. The van der Waals surface area contributed by atoms with Crippen molar-refractivity contribution >= 4 is 33.8 Å². The number of rotatable bonds is 4. The molecule has 0 bridgehead atoms. The van der Waals surface area contributed by atoms with E-state index in [4.69, 9.17) is 11.5 Å². The number of anilines is 2. The molecule has 5 N–H and O–H groups in total. The molecule has 0 spiro atoms. The fourth-order valence-electron chi connectivity index (χ4n) is 2.40. The normalized spacial score (nSPS) is 15.7. The van der Waals surface area contributed by atoms with Gasteiger partial charge in [-0.15, -0.1) is 0 Å². The molecule has 8 heteroatoms. The summed E-state index contributed by atoms with van der Waals surface area (Å²) >= 11 is 1.21. The van der Waals surface area contributed by atoms with Crippen LogP contribution in [0.25, 0.3) is 10.4 Å². The van der Waals surface area contributed by atoms with Crippen LogP contribution in [0.1, 0.15) is 36.7 Å². The van der Waals surface area contributed by atoms with Gasteiger partial charge in [-0.25, -0.2) is 4.98 Å². The SMILES string of the molecule is CC(=O)c1nc(NC(=O)C2(N)CCC2)sc1-c1cncc(N)c1. The van der Waals surface area contributed by atoms with Gasteiger partial charge in [0.25, 0.3) is 0 Å². The first kappa shape index (κ1) is 15.6. The van der Waals surface area contributed by atoms with Gasteiger partial charge in [-0.05, 0) is 25.3 Å². The van der Waals surface area contributed by atoms with Gasteiger partial charge in [-0.3, -0.25) is 14.6 Å². The van der Waals surface area contributed by atoms with Gasteiger partial charge < -0.3 is 16.8 Å². The number of ketones is 1. The number of nitrogen functional groups attached to an aromatic ring is 1. The Balaban J connectivity index is 1.93. The Bertz CT molecular complexity index is 782. The third kappa shape index (κ3) is 2.95. The van der Waals surface area contributed by atoms with Gasteiger partial charge in [0.05, 0.1) is 16.1 Å². The highest BCUT2D eigenvalue weighted by Crippen LogP contribution is 2.35. The minimum Gasteiger partial charge on any atom is -0.397 e. The molecule has 2 aromatic rings. The lowest BCUT2D eigenvalue weighted by Gasteiger charge is -2.35. The molecular weight excluding hydrogens is 314 g/mol. The van der Waals surface area contributed by atoms with Crippen molar-refractivity contribution in [2.45, 2.75) is 31.7 Å². The monoisotopic (exact) mass is 331 g/mol. The Morgan fingerprint density at radius 2 is 2.09 bits per heavy atom. The minimum absolute atomic E-state index is 0.190. The molecule has 7 nitrogen and oxygen atoms in total. The molecule has 0 saturated heterocycles. The fraction of sp³-hybridized carbons (Fsp3) is 0.333. The van der Waals surface area contributed by atoms with Crippen molar-refractivity contribution in [3.05, 3.63) is 24.2 Å². The largest absolute Gasteiger partial charge is 0.397 e. The Kier molecular flexibility index (Phi) is 3.87. The Morgan fingerprint density at radius 1 is 1.35 bits per heavy atom. The maximum Gasteiger partial charge on any atom is 0.246 e. The zero-order valence-corrected chi connectivity index (χ0v) is 13.4. The third-order valence-electron chi connectivity index (χ3n) is 3.90. The van der Waals surface area contributed by atoms with E-state index in [-0.39, 0.29) is 17.4 Å². The second-order valence-corrected chi connectivity index (χ2v) is 6.72. The maximum absolute atomic E-state index is 12.2. The lowest BCUT2D eigenvalue weighted by molar-refractivity contribution is -0.123. The molecule has 0 unspecified atom stereocenters. The topological polar surface area (TPSA) is 124 Å². The summed E-state index contributed by atoms with van der Waals surface area (Å²) in [5.41, 5.74) is 12.4. The molecule has 1 aliphatic rings. The number of pyridine rings is 1. The molecule has 1 amide bonds. The van der Waals surface area contributed by atoms with Crippen molar-refractivity contribution in [1.82, 2.24) is 9.97 Å². The summed E-state index contributed by atoms with van der Waals surface area (Å²) in [5.74, 6) is -0.449.